The predicted octanol–water partition coefficient (Wildman–Crippen LogP) is 2.20. The number of rotatable bonds is 6. The molecule has 0 aliphatic heterocycles. The van der Waals surface area contributed by atoms with Crippen LogP contribution in [0.3, 0.4) is 0 Å². The van der Waals surface area contributed by atoms with E-state index in [1.54, 1.807) is 0 Å². The maximum Gasteiger partial charge on any atom is 0.161 e. The number of hydrogen-bond acceptors (Lipinski definition) is 3. The third-order valence-electron chi connectivity index (χ3n) is 2.13. The first-order chi connectivity index (χ1) is 7.27. The fourth-order valence-corrected chi connectivity index (χ4v) is 1.16. The zero-order chi connectivity index (χ0) is 11.1. The van der Waals surface area contributed by atoms with Crippen molar-refractivity contribution in [2.75, 3.05) is 13.2 Å². The first kappa shape index (κ1) is 11.9. The van der Waals surface area contributed by atoms with Crippen LogP contribution in [0.1, 0.15) is 20.3 Å². The van der Waals surface area contributed by atoms with E-state index in [0.29, 0.717) is 13.2 Å². The number of hydrogen-bond donors (Lipinski definition) is 1. The molecular weight excluding hydrogens is 190 g/mol. The molecule has 0 aliphatic carbocycles. The quantitative estimate of drug-likeness (QED) is 0.781. The van der Waals surface area contributed by atoms with Crippen LogP contribution in [0, 0.1) is 0 Å². The van der Waals surface area contributed by atoms with E-state index in [1.165, 1.54) is 0 Å². The summed E-state index contributed by atoms with van der Waals surface area (Å²) in [4.78, 5) is 0. The molecule has 0 fully saturated rings. The topological polar surface area (TPSA) is 44.5 Å². The van der Waals surface area contributed by atoms with Crippen molar-refractivity contribution in [2.24, 2.45) is 5.73 Å². The molecule has 0 radical (unpaired) electrons. The number of para-hydroxylation sites is 2. The van der Waals surface area contributed by atoms with Gasteiger partial charge in [-0.1, -0.05) is 19.1 Å². The van der Waals surface area contributed by atoms with E-state index in [4.69, 9.17) is 15.2 Å². The zero-order valence-electron chi connectivity index (χ0n) is 9.40. The Morgan fingerprint density at radius 2 is 1.73 bits per heavy atom. The summed E-state index contributed by atoms with van der Waals surface area (Å²) in [5.41, 5.74) is 5.78. The number of nitrogens with two attached hydrogens (primary N) is 1. The molecule has 84 valence electrons. The minimum absolute atomic E-state index is 0.0830. The van der Waals surface area contributed by atoms with Crippen LogP contribution in [0.4, 0.5) is 0 Å². The van der Waals surface area contributed by atoms with E-state index in [9.17, 15) is 0 Å². The fourth-order valence-electron chi connectivity index (χ4n) is 1.16. The molecule has 0 saturated carbocycles. The van der Waals surface area contributed by atoms with Crippen LogP contribution in [0.25, 0.3) is 0 Å². The van der Waals surface area contributed by atoms with Gasteiger partial charge in [-0.3, -0.25) is 0 Å². The second kappa shape index (κ2) is 6.30. The Bertz CT molecular complexity index is 289. The van der Waals surface area contributed by atoms with E-state index in [0.717, 1.165) is 17.9 Å². The highest BCUT2D eigenvalue weighted by Crippen LogP contribution is 2.26. The van der Waals surface area contributed by atoms with E-state index in [1.807, 2.05) is 38.1 Å². The molecule has 1 unspecified atom stereocenters. The van der Waals surface area contributed by atoms with Crippen molar-refractivity contribution < 1.29 is 9.47 Å². The van der Waals surface area contributed by atoms with Gasteiger partial charge in [-0.15, -0.1) is 0 Å². The minimum Gasteiger partial charge on any atom is -0.490 e. The van der Waals surface area contributed by atoms with Crippen LogP contribution in [0.5, 0.6) is 11.5 Å². The highest BCUT2D eigenvalue weighted by molar-refractivity contribution is 5.39. The maximum absolute atomic E-state index is 5.78. The largest absolute Gasteiger partial charge is 0.490 e. The molecule has 0 amide bonds. The third kappa shape index (κ3) is 3.80. The van der Waals surface area contributed by atoms with Gasteiger partial charge in [0.25, 0.3) is 0 Å². The van der Waals surface area contributed by atoms with Gasteiger partial charge in [-0.25, -0.2) is 0 Å². The Kier molecular flexibility index (Phi) is 4.98. The van der Waals surface area contributed by atoms with E-state index in [2.05, 4.69) is 0 Å². The molecule has 0 aromatic heterocycles. The third-order valence-corrected chi connectivity index (χ3v) is 2.13. The average molecular weight is 209 g/mol. The zero-order valence-corrected chi connectivity index (χ0v) is 9.40. The summed E-state index contributed by atoms with van der Waals surface area (Å²) in [5.74, 6) is 1.55. The summed E-state index contributed by atoms with van der Waals surface area (Å²) in [7, 11) is 0. The second-order valence-corrected chi connectivity index (χ2v) is 3.36. The van der Waals surface area contributed by atoms with Crippen molar-refractivity contribution in [3.8, 4) is 11.5 Å². The summed E-state index contributed by atoms with van der Waals surface area (Å²) < 4.78 is 11.0. The van der Waals surface area contributed by atoms with Crippen LogP contribution in [-0.2, 0) is 0 Å². The molecule has 0 aliphatic rings. The van der Waals surface area contributed by atoms with Crippen molar-refractivity contribution in [1.29, 1.82) is 0 Å². The molecule has 0 spiro atoms. The normalized spacial score (nSPS) is 12.2. The average Bonchev–Trinajstić information content (AvgIpc) is 2.28. The van der Waals surface area contributed by atoms with Crippen molar-refractivity contribution >= 4 is 0 Å². The summed E-state index contributed by atoms with van der Waals surface area (Å²) in [6.07, 6.45) is 0.913. The lowest BCUT2D eigenvalue weighted by Crippen LogP contribution is -2.26. The predicted molar refractivity (Wildman–Crippen MR) is 61.4 cm³/mol. The molecule has 15 heavy (non-hydrogen) atoms. The summed E-state index contributed by atoms with van der Waals surface area (Å²) >= 11 is 0. The first-order valence-electron chi connectivity index (χ1n) is 5.38. The Morgan fingerprint density at radius 3 is 2.27 bits per heavy atom. The van der Waals surface area contributed by atoms with E-state index in [-0.39, 0.29) is 6.04 Å². The number of ether oxygens (including phenoxy) is 2. The van der Waals surface area contributed by atoms with Gasteiger partial charge in [0.05, 0.1) is 6.61 Å². The molecule has 0 heterocycles. The van der Waals surface area contributed by atoms with Crippen molar-refractivity contribution in [3.05, 3.63) is 24.3 Å². The lowest BCUT2D eigenvalue weighted by atomic mass is 10.2. The lowest BCUT2D eigenvalue weighted by Gasteiger charge is -2.14. The summed E-state index contributed by atoms with van der Waals surface area (Å²) in [6.45, 7) is 5.16. The highest BCUT2D eigenvalue weighted by Gasteiger charge is 2.05. The Labute approximate surface area is 91.2 Å². The molecular formula is C12H19NO2. The molecule has 3 heteroatoms. The van der Waals surface area contributed by atoms with Crippen molar-refractivity contribution in [3.63, 3.8) is 0 Å². The van der Waals surface area contributed by atoms with Crippen LogP contribution in [0.2, 0.25) is 0 Å². The molecule has 1 atom stereocenters. The van der Waals surface area contributed by atoms with Gasteiger partial charge < -0.3 is 15.2 Å². The van der Waals surface area contributed by atoms with E-state index >= 15 is 0 Å². The Hall–Kier alpha value is -1.22. The monoisotopic (exact) mass is 209 g/mol. The molecule has 1 aromatic rings. The smallest absolute Gasteiger partial charge is 0.161 e. The highest BCUT2D eigenvalue weighted by atomic mass is 16.5. The van der Waals surface area contributed by atoms with Crippen LogP contribution >= 0.6 is 0 Å². The van der Waals surface area contributed by atoms with Gasteiger partial charge in [-0.05, 0) is 25.5 Å². The fraction of sp³-hybridized carbons (Fsp3) is 0.500. The molecule has 3 nitrogen and oxygen atoms in total. The molecule has 2 N–H and O–H groups in total. The second-order valence-electron chi connectivity index (χ2n) is 3.36. The standard InChI is InChI=1S/C12H19NO2/c1-3-10(13)9-15-12-8-6-5-7-11(12)14-4-2/h5-8,10H,3-4,9,13H2,1-2H3. The lowest BCUT2D eigenvalue weighted by molar-refractivity contribution is 0.258. The first-order valence-corrected chi connectivity index (χ1v) is 5.38. The van der Waals surface area contributed by atoms with E-state index < -0.39 is 0 Å². The van der Waals surface area contributed by atoms with Gasteiger partial charge in [0.1, 0.15) is 6.61 Å². The molecule has 1 aromatic carbocycles. The Morgan fingerprint density at radius 1 is 1.13 bits per heavy atom. The van der Waals surface area contributed by atoms with Gasteiger partial charge in [0.2, 0.25) is 0 Å². The molecule has 0 bridgehead atoms. The van der Waals surface area contributed by atoms with Crippen LogP contribution in [0.15, 0.2) is 24.3 Å². The summed E-state index contributed by atoms with van der Waals surface area (Å²) in [6, 6.07) is 7.73. The number of benzene rings is 1. The van der Waals surface area contributed by atoms with Gasteiger partial charge in [0, 0.05) is 6.04 Å². The van der Waals surface area contributed by atoms with Gasteiger partial charge in [0.15, 0.2) is 11.5 Å². The van der Waals surface area contributed by atoms with Crippen LogP contribution < -0.4 is 15.2 Å². The minimum atomic E-state index is 0.0830. The van der Waals surface area contributed by atoms with Gasteiger partial charge in [-0.2, -0.15) is 0 Å². The maximum atomic E-state index is 5.78. The SMILES string of the molecule is CCOc1ccccc1OCC(N)CC. The van der Waals surface area contributed by atoms with Crippen LogP contribution in [-0.4, -0.2) is 19.3 Å². The summed E-state index contributed by atoms with van der Waals surface area (Å²) in [5, 5.41) is 0. The van der Waals surface area contributed by atoms with Gasteiger partial charge >= 0.3 is 0 Å². The van der Waals surface area contributed by atoms with Crippen molar-refractivity contribution in [1.82, 2.24) is 0 Å². The Balaban J connectivity index is 2.58. The van der Waals surface area contributed by atoms with Crippen molar-refractivity contribution in [2.45, 2.75) is 26.3 Å². The molecule has 1 rings (SSSR count). The molecule has 0 saturated heterocycles.